The van der Waals surface area contributed by atoms with E-state index in [-0.39, 0.29) is 18.0 Å². The fourth-order valence-corrected chi connectivity index (χ4v) is 3.15. The fourth-order valence-electron chi connectivity index (χ4n) is 2.59. The van der Waals surface area contributed by atoms with Crippen LogP contribution in [0.3, 0.4) is 0 Å². The molecule has 0 aromatic heterocycles. The number of nitrogens with one attached hydrogen (secondary N) is 1. The second kappa shape index (κ2) is 8.41. The molecule has 132 valence electrons. The number of methoxy groups -OCH3 is 2. The Balaban J connectivity index is 0.00000264. The van der Waals surface area contributed by atoms with E-state index in [4.69, 9.17) is 9.47 Å². The molecule has 1 aliphatic heterocycles. The number of ether oxygens (including phenoxy) is 2. The van der Waals surface area contributed by atoms with Crippen LogP contribution in [-0.4, -0.2) is 51.5 Å². The lowest BCUT2D eigenvalue weighted by Crippen LogP contribution is -2.49. The summed E-state index contributed by atoms with van der Waals surface area (Å²) < 4.78 is 51.6. The molecule has 0 saturated carbocycles. The number of hydrogen-bond acceptors (Lipinski definition) is 4. The molecule has 1 N–H and O–H groups in total. The second-order valence-corrected chi connectivity index (χ2v) is 5.76. The molecule has 4 nitrogen and oxygen atoms in total. The maximum Gasteiger partial charge on any atom is 0.408 e. The van der Waals surface area contributed by atoms with E-state index in [0.29, 0.717) is 42.2 Å². The van der Waals surface area contributed by atoms with Crippen molar-refractivity contribution < 1.29 is 22.6 Å². The van der Waals surface area contributed by atoms with Crippen molar-refractivity contribution >= 4 is 28.3 Å². The summed E-state index contributed by atoms with van der Waals surface area (Å²) in [4.78, 5) is 1.43. The maximum atomic E-state index is 13.6. The normalized spacial score (nSPS) is 17.3. The first-order valence-corrected chi connectivity index (χ1v) is 7.60. The summed E-state index contributed by atoms with van der Waals surface area (Å²) in [7, 11) is 2.83. The third kappa shape index (κ3) is 4.65. The number of piperazine rings is 1. The standard InChI is InChI=1S/C14H18BrF3N2O2.ClH/c1-21-10-7-9(8-11(22-2)12(10)15)13(14(16,17)18)20-5-3-19-4-6-20;/h7-8,13,19H,3-6H2,1-2H3;1H/t13-;/m1./s1. The van der Waals surface area contributed by atoms with Crippen LogP contribution in [0.1, 0.15) is 11.6 Å². The third-order valence-electron chi connectivity index (χ3n) is 3.61. The number of rotatable bonds is 4. The Labute approximate surface area is 147 Å². The Kier molecular flexibility index (Phi) is 7.44. The van der Waals surface area contributed by atoms with E-state index in [9.17, 15) is 13.2 Å². The van der Waals surface area contributed by atoms with Crippen LogP contribution in [0.15, 0.2) is 16.6 Å². The number of alkyl halides is 3. The summed E-state index contributed by atoms with van der Waals surface area (Å²) in [5.41, 5.74) is 0.117. The van der Waals surface area contributed by atoms with Gasteiger partial charge in [0.2, 0.25) is 0 Å². The van der Waals surface area contributed by atoms with E-state index >= 15 is 0 Å². The SMILES string of the molecule is COc1cc([C@@H](N2CCNCC2)C(F)(F)F)cc(OC)c1Br.Cl. The minimum absolute atomic E-state index is 0. The Bertz CT molecular complexity index is 500. The Hall–Kier alpha value is -0.700. The van der Waals surface area contributed by atoms with E-state index in [1.165, 1.54) is 31.3 Å². The molecule has 0 radical (unpaired) electrons. The number of hydrogen-bond donors (Lipinski definition) is 1. The van der Waals surface area contributed by atoms with Crippen LogP contribution in [-0.2, 0) is 0 Å². The summed E-state index contributed by atoms with van der Waals surface area (Å²) in [6.07, 6.45) is -4.37. The van der Waals surface area contributed by atoms with E-state index < -0.39 is 12.2 Å². The lowest BCUT2D eigenvalue weighted by molar-refractivity contribution is -0.187. The smallest absolute Gasteiger partial charge is 0.408 e. The zero-order chi connectivity index (χ0) is 16.3. The van der Waals surface area contributed by atoms with Crippen molar-refractivity contribution in [1.82, 2.24) is 10.2 Å². The lowest BCUT2D eigenvalue weighted by Gasteiger charge is -2.36. The number of halogens is 5. The van der Waals surface area contributed by atoms with E-state index in [0.717, 1.165) is 0 Å². The molecule has 23 heavy (non-hydrogen) atoms. The van der Waals surface area contributed by atoms with Crippen molar-refractivity contribution in [3.05, 3.63) is 22.2 Å². The predicted octanol–water partition coefficient (Wildman–Crippen LogP) is 3.40. The quantitative estimate of drug-likeness (QED) is 0.811. The van der Waals surface area contributed by atoms with Gasteiger partial charge in [-0.2, -0.15) is 13.2 Å². The topological polar surface area (TPSA) is 33.7 Å². The Morgan fingerprint density at radius 3 is 2.00 bits per heavy atom. The van der Waals surface area contributed by atoms with Crippen molar-refractivity contribution in [2.24, 2.45) is 0 Å². The first kappa shape index (κ1) is 20.3. The molecule has 0 amide bonds. The first-order valence-electron chi connectivity index (χ1n) is 6.81. The van der Waals surface area contributed by atoms with Gasteiger partial charge < -0.3 is 14.8 Å². The summed E-state index contributed by atoms with van der Waals surface area (Å²) in [5, 5.41) is 3.06. The van der Waals surface area contributed by atoms with E-state index in [1.807, 2.05) is 0 Å². The minimum atomic E-state index is -4.37. The lowest BCUT2D eigenvalue weighted by atomic mass is 10.0. The summed E-state index contributed by atoms with van der Waals surface area (Å²) in [6, 6.07) is 1.14. The van der Waals surface area contributed by atoms with E-state index in [1.54, 1.807) is 0 Å². The van der Waals surface area contributed by atoms with Crippen molar-refractivity contribution in [3.8, 4) is 11.5 Å². The highest BCUT2D eigenvalue weighted by Crippen LogP contribution is 2.43. The van der Waals surface area contributed by atoms with Gasteiger partial charge in [-0.1, -0.05) is 0 Å². The van der Waals surface area contributed by atoms with Gasteiger partial charge in [-0.15, -0.1) is 12.4 Å². The predicted molar refractivity (Wildman–Crippen MR) is 87.7 cm³/mol. The summed E-state index contributed by atoms with van der Waals surface area (Å²) in [6.45, 7) is 1.75. The molecule has 1 heterocycles. The monoisotopic (exact) mass is 418 g/mol. The molecule has 1 saturated heterocycles. The van der Waals surface area contributed by atoms with E-state index in [2.05, 4.69) is 21.2 Å². The summed E-state index contributed by atoms with van der Waals surface area (Å²) in [5.74, 6) is 0.637. The van der Waals surface area contributed by atoms with Crippen molar-refractivity contribution in [1.29, 1.82) is 0 Å². The molecule has 1 atom stereocenters. The highest BCUT2D eigenvalue weighted by Gasteiger charge is 2.45. The van der Waals surface area contributed by atoms with Crippen LogP contribution in [0.25, 0.3) is 0 Å². The average molecular weight is 420 g/mol. The van der Waals surface area contributed by atoms with Crippen LogP contribution >= 0.6 is 28.3 Å². The summed E-state index contributed by atoms with van der Waals surface area (Å²) >= 11 is 3.28. The number of nitrogens with zero attached hydrogens (tertiary/aromatic N) is 1. The molecule has 1 aromatic rings. The van der Waals surface area contributed by atoms with Crippen molar-refractivity contribution in [2.45, 2.75) is 12.2 Å². The van der Waals surface area contributed by atoms with Gasteiger partial charge in [0, 0.05) is 26.2 Å². The van der Waals surface area contributed by atoms with Crippen LogP contribution < -0.4 is 14.8 Å². The first-order chi connectivity index (χ1) is 10.4. The van der Waals surface area contributed by atoms with Crippen LogP contribution in [0, 0.1) is 0 Å². The fraction of sp³-hybridized carbons (Fsp3) is 0.571. The zero-order valence-corrected chi connectivity index (χ0v) is 15.1. The van der Waals surface area contributed by atoms with Gasteiger partial charge in [0.25, 0.3) is 0 Å². The minimum Gasteiger partial charge on any atom is -0.495 e. The van der Waals surface area contributed by atoms with Gasteiger partial charge >= 0.3 is 6.18 Å². The molecule has 0 unspecified atom stereocenters. The van der Waals surface area contributed by atoms with Gasteiger partial charge in [0.1, 0.15) is 22.0 Å². The van der Waals surface area contributed by atoms with Crippen molar-refractivity contribution in [2.75, 3.05) is 40.4 Å². The molecule has 9 heteroatoms. The average Bonchev–Trinajstić information content (AvgIpc) is 2.48. The maximum absolute atomic E-state index is 13.6. The Morgan fingerprint density at radius 1 is 1.13 bits per heavy atom. The molecule has 1 aliphatic rings. The van der Waals surface area contributed by atoms with Gasteiger partial charge in [0.05, 0.1) is 14.2 Å². The van der Waals surface area contributed by atoms with Gasteiger partial charge in [-0.05, 0) is 33.6 Å². The highest BCUT2D eigenvalue weighted by atomic mass is 79.9. The number of benzene rings is 1. The Morgan fingerprint density at radius 2 is 1.61 bits per heavy atom. The highest BCUT2D eigenvalue weighted by molar-refractivity contribution is 9.10. The second-order valence-electron chi connectivity index (χ2n) is 4.97. The van der Waals surface area contributed by atoms with Crippen LogP contribution in [0.5, 0.6) is 11.5 Å². The van der Waals surface area contributed by atoms with Crippen molar-refractivity contribution in [3.63, 3.8) is 0 Å². The van der Waals surface area contributed by atoms with Gasteiger partial charge in [-0.25, -0.2) is 0 Å². The molecule has 0 aliphatic carbocycles. The zero-order valence-electron chi connectivity index (χ0n) is 12.7. The molecule has 0 bridgehead atoms. The van der Waals surface area contributed by atoms with Gasteiger partial charge in [0.15, 0.2) is 0 Å². The van der Waals surface area contributed by atoms with Crippen LogP contribution in [0.4, 0.5) is 13.2 Å². The molecular weight excluding hydrogens is 401 g/mol. The molecule has 0 spiro atoms. The third-order valence-corrected chi connectivity index (χ3v) is 4.39. The molecule has 1 aromatic carbocycles. The largest absolute Gasteiger partial charge is 0.495 e. The molecule has 2 rings (SSSR count). The van der Waals surface area contributed by atoms with Gasteiger partial charge in [-0.3, -0.25) is 4.90 Å². The van der Waals surface area contributed by atoms with Crippen LogP contribution in [0.2, 0.25) is 0 Å². The molecular formula is C14H19BrClF3N2O2. The molecule has 1 fully saturated rings.